The first-order chi connectivity index (χ1) is 10.5. The van der Waals surface area contributed by atoms with E-state index in [4.69, 9.17) is 0 Å². The summed E-state index contributed by atoms with van der Waals surface area (Å²) in [6.07, 6.45) is 0. The van der Waals surface area contributed by atoms with Crippen molar-refractivity contribution in [2.45, 2.75) is 6.92 Å². The molecule has 2 rings (SSSR count). The van der Waals surface area contributed by atoms with E-state index < -0.39 is 16.7 Å². The van der Waals surface area contributed by atoms with Crippen molar-refractivity contribution in [2.24, 2.45) is 0 Å². The van der Waals surface area contributed by atoms with Crippen LogP contribution >= 0.6 is 0 Å². The van der Waals surface area contributed by atoms with Gasteiger partial charge in [-0.05, 0) is 24.3 Å². The van der Waals surface area contributed by atoms with Crippen molar-refractivity contribution in [1.82, 2.24) is 0 Å². The molecule has 0 unspecified atom stereocenters. The summed E-state index contributed by atoms with van der Waals surface area (Å²) in [6.45, 7) is 1.25. The minimum absolute atomic E-state index is 0.0498. The van der Waals surface area contributed by atoms with Gasteiger partial charge in [-0.1, -0.05) is 18.2 Å². The predicted octanol–water partition coefficient (Wildman–Crippen LogP) is 2.81. The fourth-order valence-corrected chi connectivity index (χ4v) is 1.84. The zero-order valence-electron chi connectivity index (χ0n) is 11.7. The molecule has 2 aromatic carbocycles. The topological polar surface area (TPSA) is 101 Å². The van der Waals surface area contributed by atoms with Crippen LogP contribution in [-0.2, 0) is 4.79 Å². The van der Waals surface area contributed by atoms with E-state index in [2.05, 4.69) is 10.6 Å². The van der Waals surface area contributed by atoms with E-state index in [0.717, 1.165) is 6.07 Å². The highest BCUT2D eigenvalue weighted by molar-refractivity contribution is 6.05. The van der Waals surface area contributed by atoms with Crippen molar-refractivity contribution in [1.29, 1.82) is 0 Å². The van der Waals surface area contributed by atoms with Crippen molar-refractivity contribution in [3.05, 3.63) is 64.2 Å². The number of amides is 2. The number of hydrogen-bond donors (Lipinski definition) is 2. The van der Waals surface area contributed by atoms with Crippen molar-refractivity contribution >= 4 is 28.9 Å². The quantitative estimate of drug-likeness (QED) is 0.669. The van der Waals surface area contributed by atoms with Crippen LogP contribution in [0.25, 0.3) is 0 Å². The van der Waals surface area contributed by atoms with Crippen LogP contribution in [0, 0.1) is 10.1 Å². The van der Waals surface area contributed by atoms with Gasteiger partial charge in [-0.15, -0.1) is 0 Å². The molecule has 7 heteroatoms. The highest BCUT2D eigenvalue weighted by Gasteiger charge is 2.18. The minimum Gasteiger partial charge on any atom is -0.322 e. The SMILES string of the molecule is CC(=O)Nc1ccc(C(=O)Nc2ccccc2)cc1[N+](=O)[O-]. The molecule has 0 radical (unpaired) electrons. The van der Waals surface area contributed by atoms with Crippen LogP contribution in [0.3, 0.4) is 0 Å². The molecule has 0 heterocycles. The molecule has 0 fully saturated rings. The summed E-state index contributed by atoms with van der Waals surface area (Å²) in [5.74, 6) is -0.895. The van der Waals surface area contributed by atoms with Crippen LogP contribution in [0.1, 0.15) is 17.3 Å². The van der Waals surface area contributed by atoms with Crippen molar-refractivity contribution < 1.29 is 14.5 Å². The molecule has 2 amide bonds. The molecule has 0 saturated heterocycles. The van der Waals surface area contributed by atoms with Gasteiger partial charge >= 0.3 is 0 Å². The van der Waals surface area contributed by atoms with Gasteiger partial charge in [0.05, 0.1) is 4.92 Å². The monoisotopic (exact) mass is 299 g/mol. The van der Waals surface area contributed by atoms with Crippen molar-refractivity contribution in [3.8, 4) is 0 Å². The normalized spacial score (nSPS) is 9.86. The molecule has 0 spiro atoms. The largest absolute Gasteiger partial charge is 0.322 e. The van der Waals surface area contributed by atoms with Crippen molar-refractivity contribution in [3.63, 3.8) is 0 Å². The highest BCUT2D eigenvalue weighted by Crippen LogP contribution is 2.26. The maximum atomic E-state index is 12.1. The van der Waals surface area contributed by atoms with Gasteiger partial charge in [0.2, 0.25) is 5.91 Å². The van der Waals surface area contributed by atoms with Gasteiger partial charge in [-0.3, -0.25) is 19.7 Å². The standard InChI is InChI=1S/C15H13N3O4/c1-10(19)16-13-8-7-11(9-14(13)18(21)22)15(20)17-12-5-3-2-4-6-12/h2-9H,1H3,(H,16,19)(H,17,20). The molecule has 112 valence electrons. The molecule has 0 atom stereocenters. The van der Waals surface area contributed by atoms with Crippen LogP contribution in [-0.4, -0.2) is 16.7 Å². The number of hydrogen-bond acceptors (Lipinski definition) is 4. The van der Waals surface area contributed by atoms with Gasteiger partial charge in [-0.25, -0.2) is 0 Å². The average Bonchev–Trinajstić information content (AvgIpc) is 2.47. The second-order valence-electron chi connectivity index (χ2n) is 4.49. The number of carbonyl (C=O) groups is 2. The lowest BCUT2D eigenvalue weighted by molar-refractivity contribution is -0.383. The first-order valence-corrected chi connectivity index (χ1v) is 6.40. The molecule has 2 aromatic rings. The van der Waals surface area contributed by atoms with E-state index in [1.165, 1.54) is 19.1 Å². The maximum Gasteiger partial charge on any atom is 0.293 e. The van der Waals surface area contributed by atoms with Gasteiger partial charge in [0.15, 0.2) is 0 Å². The summed E-state index contributed by atoms with van der Waals surface area (Å²) < 4.78 is 0. The van der Waals surface area contributed by atoms with Crippen LogP contribution in [0.5, 0.6) is 0 Å². The zero-order chi connectivity index (χ0) is 16.1. The fourth-order valence-electron chi connectivity index (χ4n) is 1.84. The molecule has 22 heavy (non-hydrogen) atoms. The fraction of sp³-hybridized carbons (Fsp3) is 0.0667. The van der Waals surface area contributed by atoms with E-state index in [1.54, 1.807) is 24.3 Å². The molecule has 0 aliphatic heterocycles. The Kier molecular flexibility index (Phi) is 4.47. The summed E-state index contributed by atoms with van der Waals surface area (Å²) in [6, 6.07) is 12.6. The molecule has 0 aliphatic carbocycles. The lowest BCUT2D eigenvalue weighted by atomic mass is 10.1. The molecule has 0 aromatic heterocycles. The summed E-state index contributed by atoms with van der Waals surface area (Å²) in [5, 5.41) is 16.1. The number of anilines is 2. The lowest BCUT2D eigenvalue weighted by Crippen LogP contribution is -2.13. The van der Waals surface area contributed by atoms with Crippen LogP contribution in [0.4, 0.5) is 17.1 Å². The summed E-state index contributed by atoms with van der Waals surface area (Å²) >= 11 is 0. The van der Waals surface area contributed by atoms with Gasteiger partial charge in [0.1, 0.15) is 5.69 Å². The Hall–Kier alpha value is -3.22. The Balaban J connectivity index is 2.28. The number of nitrogens with zero attached hydrogens (tertiary/aromatic N) is 1. The van der Waals surface area contributed by atoms with Crippen molar-refractivity contribution in [2.75, 3.05) is 10.6 Å². The number of nitro groups is 1. The van der Waals surface area contributed by atoms with Crippen LogP contribution in [0.2, 0.25) is 0 Å². The maximum absolute atomic E-state index is 12.1. The molecule has 0 aliphatic rings. The van der Waals surface area contributed by atoms with E-state index in [0.29, 0.717) is 5.69 Å². The third-order valence-electron chi connectivity index (χ3n) is 2.80. The number of para-hydroxylation sites is 1. The molecule has 2 N–H and O–H groups in total. The van der Waals surface area contributed by atoms with E-state index in [1.807, 2.05) is 6.07 Å². The van der Waals surface area contributed by atoms with Gasteiger partial charge in [-0.2, -0.15) is 0 Å². The number of benzene rings is 2. The summed E-state index contributed by atoms with van der Waals surface area (Å²) in [4.78, 5) is 33.5. The Bertz CT molecular complexity index is 729. The second-order valence-corrected chi connectivity index (χ2v) is 4.49. The predicted molar refractivity (Wildman–Crippen MR) is 81.8 cm³/mol. The smallest absolute Gasteiger partial charge is 0.293 e. The molecular weight excluding hydrogens is 286 g/mol. The van der Waals surface area contributed by atoms with E-state index in [9.17, 15) is 19.7 Å². The average molecular weight is 299 g/mol. The highest BCUT2D eigenvalue weighted by atomic mass is 16.6. The molecule has 7 nitrogen and oxygen atoms in total. The third-order valence-corrected chi connectivity index (χ3v) is 2.80. The second kappa shape index (κ2) is 6.49. The minimum atomic E-state index is -0.648. The first kappa shape index (κ1) is 15.2. The Labute approximate surface area is 126 Å². The van der Waals surface area contributed by atoms with Gasteiger partial charge in [0.25, 0.3) is 11.6 Å². The number of carbonyl (C=O) groups excluding carboxylic acids is 2. The lowest BCUT2D eigenvalue weighted by Gasteiger charge is -2.07. The number of nitro benzene ring substituents is 1. The van der Waals surface area contributed by atoms with Crippen LogP contribution < -0.4 is 10.6 Å². The Morgan fingerprint density at radius 3 is 2.32 bits per heavy atom. The molecular formula is C15H13N3O4. The van der Waals surface area contributed by atoms with Gasteiger partial charge < -0.3 is 10.6 Å². The Morgan fingerprint density at radius 2 is 1.73 bits per heavy atom. The van der Waals surface area contributed by atoms with E-state index >= 15 is 0 Å². The Morgan fingerprint density at radius 1 is 1.05 bits per heavy atom. The first-order valence-electron chi connectivity index (χ1n) is 6.40. The zero-order valence-corrected chi connectivity index (χ0v) is 11.7. The van der Waals surface area contributed by atoms with E-state index in [-0.39, 0.29) is 16.9 Å². The summed E-state index contributed by atoms with van der Waals surface area (Å²) in [5.41, 5.74) is 0.426. The summed E-state index contributed by atoms with van der Waals surface area (Å²) in [7, 11) is 0. The number of nitrogens with one attached hydrogen (secondary N) is 2. The molecule has 0 bridgehead atoms. The van der Waals surface area contributed by atoms with Gasteiger partial charge in [0, 0.05) is 24.2 Å². The third kappa shape index (κ3) is 3.66. The van der Waals surface area contributed by atoms with Crippen LogP contribution in [0.15, 0.2) is 48.5 Å². The molecule has 0 saturated carbocycles. The number of rotatable bonds is 4.